The fraction of sp³-hybridized carbons (Fsp3) is 0.333. The van der Waals surface area contributed by atoms with E-state index in [0.717, 1.165) is 0 Å². The molecule has 0 aliphatic heterocycles. The molecule has 0 spiro atoms. The van der Waals surface area contributed by atoms with Crippen LogP contribution in [0, 0.1) is 11.2 Å². The number of hydrogen-bond acceptors (Lipinski definition) is 2. The van der Waals surface area contributed by atoms with Crippen molar-refractivity contribution in [2.45, 2.75) is 20.8 Å². The van der Waals surface area contributed by atoms with Gasteiger partial charge in [-0.2, -0.15) is 0 Å². The zero-order valence-electron chi connectivity index (χ0n) is 10.9. The van der Waals surface area contributed by atoms with E-state index in [9.17, 15) is 4.39 Å². The Morgan fingerprint density at radius 3 is 2.56 bits per heavy atom. The molecule has 2 rings (SSSR count). The summed E-state index contributed by atoms with van der Waals surface area (Å²) in [5.41, 5.74) is 0.402. The minimum atomic E-state index is -0.337. The second kappa shape index (κ2) is 4.84. The predicted molar refractivity (Wildman–Crippen MR) is 69.1 cm³/mol. The van der Waals surface area contributed by atoms with Crippen molar-refractivity contribution < 1.29 is 13.5 Å². The average Bonchev–Trinajstić information content (AvgIpc) is 2.78. The number of ether oxygens (including phenoxy) is 1. The first-order valence-electron chi connectivity index (χ1n) is 5.92. The van der Waals surface area contributed by atoms with E-state index in [1.807, 2.05) is 0 Å². The quantitative estimate of drug-likeness (QED) is 0.797. The van der Waals surface area contributed by atoms with Crippen molar-refractivity contribution >= 4 is 0 Å². The van der Waals surface area contributed by atoms with Crippen molar-refractivity contribution in [3.8, 4) is 17.1 Å². The van der Waals surface area contributed by atoms with Gasteiger partial charge in [0.2, 0.25) is 0 Å². The lowest BCUT2D eigenvalue weighted by molar-refractivity contribution is 0.198. The number of halogens is 1. The molecular formula is C15H17FO2. The molecule has 0 bridgehead atoms. The molecule has 0 fully saturated rings. The summed E-state index contributed by atoms with van der Waals surface area (Å²) in [5.74, 6) is 0.660. The molecule has 0 unspecified atom stereocenters. The van der Waals surface area contributed by atoms with Gasteiger partial charge in [-0.05, 0) is 29.7 Å². The van der Waals surface area contributed by atoms with Gasteiger partial charge in [0.15, 0.2) is 0 Å². The highest BCUT2D eigenvalue weighted by Gasteiger charge is 2.17. The maximum absolute atomic E-state index is 13.9. The summed E-state index contributed by atoms with van der Waals surface area (Å²) in [6.07, 6.45) is 1.52. The third kappa shape index (κ3) is 2.92. The number of rotatable bonds is 3. The molecule has 0 aliphatic rings. The van der Waals surface area contributed by atoms with Crippen LogP contribution in [0.3, 0.4) is 0 Å². The first-order valence-corrected chi connectivity index (χ1v) is 5.92. The van der Waals surface area contributed by atoms with Crippen LogP contribution in [-0.4, -0.2) is 6.61 Å². The molecule has 1 aromatic heterocycles. The van der Waals surface area contributed by atoms with Gasteiger partial charge in [-0.25, -0.2) is 4.39 Å². The Hall–Kier alpha value is -1.77. The third-order valence-corrected chi connectivity index (χ3v) is 2.40. The minimum Gasteiger partial charge on any atom is -0.492 e. The van der Waals surface area contributed by atoms with Gasteiger partial charge < -0.3 is 9.15 Å². The van der Waals surface area contributed by atoms with Gasteiger partial charge in [0.25, 0.3) is 0 Å². The highest BCUT2D eigenvalue weighted by molar-refractivity contribution is 5.66. The Labute approximate surface area is 106 Å². The molecule has 0 radical (unpaired) electrons. The van der Waals surface area contributed by atoms with Crippen molar-refractivity contribution in [2.24, 2.45) is 5.41 Å². The van der Waals surface area contributed by atoms with E-state index in [2.05, 4.69) is 20.8 Å². The highest BCUT2D eigenvalue weighted by Crippen LogP contribution is 2.33. The zero-order valence-corrected chi connectivity index (χ0v) is 10.9. The maximum Gasteiger partial charge on any atom is 0.140 e. The van der Waals surface area contributed by atoms with E-state index in [-0.39, 0.29) is 11.2 Å². The third-order valence-electron chi connectivity index (χ3n) is 2.40. The van der Waals surface area contributed by atoms with Crippen molar-refractivity contribution in [3.05, 3.63) is 42.4 Å². The molecule has 0 saturated heterocycles. The molecule has 1 aromatic carbocycles. The van der Waals surface area contributed by atoms with E-state index < -0.39 is 0 Å². The van der Waals surface area contributed by atoms with Crippen LogP contribution in [0.15, 0.2) is 41.0 Å². The smallest absolute Gasteiger partial charge is 0.140 e. The monoisotopic (exact) mass is 248 g/mol. The summed E-state index contributed by atoms with van der Waals surface area (Å²) in [6.45, 7) is 6.72. The fourth-order valence-electron chi connectivity index (χ4n) is 1.58. The van der Waals surface area contributed by atoms with E-state index in [0.29, 0.717) is 23.7 Å². The van der Waals surface area contributed by atoms with Gasteiger partial charge in [-0.3, -0.25) is 0 Å². The van der Waals surface area contributed by atoms with Crippen molar-refractivity contribution in [1.29, 1.82) is 0 Å². The Bertz CT molecular complexity index is 510. The molecule has 0 aliphatic carbocycles. The summed E-state index contributed by atoms with van der Waals surface area (Å²) in [7, 11) is 0. The maximum atomic E-state index is 13.9. The second-order valence-corrected chi connectivity index (χ2v) is 5.44. The lowest BCUT2D eigenvalue weighted by Crippen LogP contribution is -2.17. The first-order chi connectivity index (χ1) is 8.47. The van der Waals surface area contributed by atoms with Crippen LogP contribution >= 0.6 is 0 Å². The van der Waals surface area contributed by atoms with Crippen LogP contribution in [0.25, 0.3) is 11.3 Å². The zero-order chi connectivity index (χ0) is 13.2. The van der Waals surface area contributed by atoms with Crippen molar-refractivity contribution in [2.75, 3.05) is 6.61 Å². The molecule has 96 valence electrons. The Morgan fingerprint density at radius 1 is 1.17 bits per heavy atom. The minimum absolute atomic E-state index is 0.0206. The molecule has 1 heterocycles. The molecule has 0 saturated carbocycles. The van der Waals surface area contributed by atoms with Gasteiger partial charge in [0, 0.05) is 0 Å². The second-order valence-electron chi connectivity index (χ2n) is 5.44. The first kappa shape index (κ1) is 12.7. The van der Waals surface area contributed by atoms with E-state index in [4.69, 9.17) is 9.15 Å². The molecule has 18 heavy (non-hydrogen) atoms. The summed E-state index contributed by atoms with van der Waals surface area (Å²) in [6, 6.07) is 8.26. The summed E-state index contributed by atoms with van der Waals surface area (Å²) < 4.78 is 24.9. The summed E-state index contributed by atoms with van der Waals surface area (Å²) in [5, 5.41) is 0. The van der Waals surface area contributed by atoms with Crippen LogP contribution in [-0.2, 0) is 0 Å². The molecule has 2 nitrogen and oxygen atoms in total. The SMILES string of the molecule is CC(C)(C)COc1cccc(F)c1-c1ccco1. The van der Waals surface area contributed by atoms with Crippen LogP contribution < -0.4 is 4.74 Å². The van der Waals surface area contributed by atoms with E-state index >= 15 is 0 Å². The average molecular weight is 248 g/mol. The lowest BCUT2D eigenvalue weighted by Gasteiger charge is -2.20. The largest absolute Gasteiger partial charge is 0.492 e. The van der Waals surface area contributed by atoms with Gasteiger partial charge >= 0.3 is 0 Å². The van der Waals surface area contributed by atoms with Gasteiger partial charge in [0.05, 0.1) is 18.4 Å². The highest BCUT2D eigenvalue weighted by atomic mass is 19.1. The van der Waals surface area contributed by atoms with Gasteiger partial charge in [-0.1, -0.05) is 26.8 Å². The number of hydrogen-bond donors (Lipinski definition) is 0. The fourth-order valence-corrected chi connectivity index (χ4v) is 1.58. The standard InChI is InChI=1S/C15H17FO2/c1-15(2,3)10-18-13-7-4-6-11(16)14(13)12-8-5-9-17-12/h4-9H,10H2,1-3H3. The van der Waals surface area contributed by atoms with Crippen LogP contribution in [0.5, 0.6) is 5.75 Å². The Balaban J connectivity index is 2.33. The molecular weight excluding hydrogens is 231 g/mol. The molecule has 2 aromatic rings. The topological polar surface area (TPSA) is 22.4 Å². The van der Waals surface area contributed by atoms with Gasteiger partial charge in [-0.15, -0.1) is 0 Å². The molecule has 0 amide bonds. The Morgan fingerprint density at radius 2 is 1.94 bits per heavy atom. The van der Waals surface area contributed by atoms with E-state index in [1.165, 1.54) is 12.3 Å². The van der Waals surface area contributed by atoms with Crippen LogP contribution in [0.2, 0.25) is 0 Å². The predicted octanol–water partition coefficient (Wildman–Crippen LogP) is 4.51. The molecule has 0 atom stereocenters. The summed E-state index contributed by atoms with van der Waals surface area (Å²) in [4.78, 5) is 0. The van der Waals surface area contributed by atoms with Crippen molar-refractivity contribution in [3.63, 3.8) is 0 Å². The Kier molecular flexibility index (Phi) is 3.41. The van der Waals surface area contributed by atoms with Crippen LogP contribution in [0.4, 0.5) is 4.39 Å². The normalized spacial score (nSPS) is 11.6. The number of furan rings is 1. The van der Waals surface area contributed by atoms with E-state index in [1.54, 1.807) is 24.3 Å². The molecule has 3 heteroatoms. The van der Waals surface area contributed by atoms with Crippen LogP contribution in [0.1, 0.15) is 20.8 Å². The number of benzene rings is 1. The summed E-state index contributed by atoms with van der Waals surface area (Å²) >= 11 is 0. The molecule has 0 N–H and O–H groups in total. The van der Waals surface area contributed by atoms with Crippen molar-refractivity contribution in [1.82, 2.24) is 0 Å². The lowest BCUT2D eigenvalue weighted by atomic mass is 9.98. The van der Waals surface area contributed by atoms with Gasteiger partial charge in [0.1, 0.15) is 17.3 Å².